The monoisotopic (exact) mass is 217 g/mol. The number of hydrogen-bond donors (Lipinski definition) is 1. The Morgan fingerprint density at radius 1 is 1.38 bits per heavy atom. The first kappa shape index (κ1) is 11.1. The van der Waals surface area contributed by atoms with E-state index in [4.69, 9.17) is 5.73 Å². The standard InChI is InChI=1S/C13H19N3/c1-3-10-6-4-7-11-13(10)16(2)12(15-11)8-5-9-14/h4,6-7H,3,5,8-9,14H2,1-2H3. The van der Waals surface area contributed by atoms with Gasteiger partial charge in [-0.05, 0) is 31.0 Å². The Morgan fingerprint density at radius 3 is 2.88 bits per heavy atom. The van der Waals surface area contributed by atoms with Gasteiger partial charge in [0.1, 0.15) is 5.82 Å². The maximum Gasteiger partial charge on any atom is 0.109 e. The van der Waals surface area contributed by atoms with Crippen LogP contribution >= 0.6 is 0 Å². The van der Waals surface area contributed by atoms with Gasteiger partial charge in [0.2, 0.25) is 0 Å². The quantitative estimate of drug-likeness (QED) is 0.851. The number of nitrogens with zero attached hydrogens (tertiary/aromatic N) is 2. The van der Waals surface area contributed by atoms with Gasteiger partial charge in [-0.15, -0.1) is 0 Å². The Bertz CT molecular complexity index is 485. The molecule has 0 amide bonds. The van der Waals surface area contributed by atoms with Crippen LogP contribution in [0.15, 0.2) is 18.2 Å². The Labute approximate surface area is 96.3 Å². The summed E-state index contributed by atoms with van der Waals surface area (Å²) >= 11 is 0. The molecule has 1 heterocycles. The van der Waals surface area contributed by atoms with Crippen molar-refractivity contribution < 1.29 is 0 Å². The van der Waals surface area contributed by atoms with Crippen molar-refractivity contribution in [2.24, 2.45) is 12.8 Å². The lowest BCUT2D eigenvalue weighted by atomic mass is 10.1. The van der Waals surface area contributed by atoms with E-state index < -0.39 is 0 Å². The van der Waals surface area contributed by atoms with E-state index in [1.807, 2.05) is 0 Å². The number of benzene rings is 1. The summed E-state index contributed by atoms with van der Waals surface area (Å²) in [6.07, 6.45) is 3.01. The Balaban J connectivity index is 2.50. The van der Waals surface area contributed by atoms with Crippen molar-refractivity contribution in [2.45, 2.75) is 26.2 Å². The second-order valence-corrected chi connectivity index (χ2v) is 4.12. The van der Waals surface area contributed by atoms with Crippen molar-refractivity contribution in [2.75, 3.05) is 6.54 Å². The number of aryl methyl sites for hydroxylation is 3. The van der Waals surface area contributed by atoms with Crippen LogP contribution in [-0.4, -0.2) is 16.1 Å². The van der Waals surface area contributed by atoms with Gasteiger partial charge in [-0.1, -0.05) is 19.1 Å². The van der Waals surface area contributed by atoms with E-state index in [1.54, 1.807) is 0 Å². The van der Waals surface area contributed by atoms with E-state index in [-0.39, 0.29) is 0 Å². The fourth-order valence-corrected chi connectivity index (χ4v) is 2.17. The van der Waals surface area contributed by atoms with Crippen LogP contribution in [0.1, 0.15) is 24.7 Å². The van der Waals surface area contributed by atoms with Gasteiger partial charge >= 0.3 is 0 Å². The molecular weight excluding hydrogens is 198 g/mol. The zero-order valence-electron chi connectivity index (χ0n) is 10.0. The number of nitrogens with two attached hydrogens (primary N) is 1. The molecule has 16 heavy (non-hydrogen) atoms. The molecule has 0 unspecified atom stereocenters. The zero-order valence-corrected chi connectivity index (χ0v) is 10.0. The van der Waals surface area contributed by atoms with Crippen LogP contribution in [0.25, 0.3) is 11.0 Å². The minimum atomic E-state index is 0.726. The smallest absolute Gasteiger partial charge is 0.109 e. The van der Waals surface area contributed by atoms with Crippen LogP contribution in [0, 0.1) is 0 Å². The minimum absolute atomic E-state index is 0.726. The molecule has 0 saturated heterocycles. The van der Waals surface area contributed by atoms with Crippen molar-refractivity contribution in [1.82, 2.24) is 9.55 Å². The highest BCUT2D eigenvalue weighted by molar-refractivity contribution is 5.79. The summed E-state index contributed by atoms with van der Waals surface area (Å²) < 4.78 is 2.21. The molecule has 2 N–H and O–H groups in total. The summed E-state index contributed by atoms with van der Waals surface area (Å²) in [5.74, 6) is 1.14. The molecule has 0 atom stereocenters. The van der Waals surface area contributed by atoms with E-state index in [0.29, 0.717) is 0 Å². The lowest BCUT2D eigenvalue weighted by molar-refractivity contribution is 0.739. The van der Waals surface area contributed by atoms with Crippen LogP contribution < -0.4 is 5.73 Å². The van der Waals surface area contributed by atoms with Crippen LogP contribution in [0.5, 0.6) is 0 Å². The van der Waals surface area contributed by atoms with Gasteiger partial charge in [0.15, 0.2) is 0 Å². The third-order valence-electron chi connectivity index (χ3n) is 3.06. The average molecular weight is 217 g/mol. The molecular formula is C13H19N3. The molecule has 86 valence electrons. The van der Waals surface area contributed by atoms with E-state index >= 15 is 0 Å². The van der Waals surface area contributed by atoms with Gasteiger partial charge in [0.25, 0.3) is 0 Å². The maximum atomic E-state index is 5.54. The normalized spacial score (nSPS) is 11.2. The molecule has 0 fully saturated rings. The molecule has 3 heteroatoms. The van der Waals surface area contributed by atoms with Gasteiger partial charge in [-0.25, -0.2) is 4.98 Å². The number of aromatic nitrogens is 2. The highest BCUT2D eigenvalue weighted by atomic mass is 15.1. The number of rotatable bonds is 4. The van der Waals surface area contributed by atoms with Crippen molar-refractivity contribution in [3.63, 3.8) is 0 Å². The first-order valence-electron chi connectivity index (χ1n) is 5.91. The Hall–Kier alpha value is -1.35. The van der Waals surface area contributed by atoms with Crippen LogP contribution in [-0.2, 0) is 19.9 Å². The SMILES string of the molecule is CCc1cccc2nc(CCCN)n(C)c12. The summed E-state index contributed by atoms with van der Waals surface area (Å²) in [4.78, 5) is 4.67. The number of fused-ring (bicyclic) bond motifs is 1. The Kier molecular flexibility index (Phi) is 3.25. The predicted octanol–water partition coefficient (Wildman–Crippen LogP) is 2.03. The molecule has 0 aliphatic carbocycles. The van der Waals surface area contributed by atoms with E-state index in [2.05, 4.69) is 41.7 Å². The number of hydrogen-bond acceptors (Lipinski definition) is 2. The lowest BCUT2D eigenvalue weighted by Crippen LogP contribution is -2.04. The van der Waals surface area contributed by atoms with Gasteiger partial charge in [0, 0.05) is 13.5 Å². The van der Waals surface area contributed by atoms with Crippen LogP contribution in [0.4, 0.5) is 0 Å². The summed E-state index contributed by atoms with van der Waals surface area (Å²) in [5, 5.41) is 0. The molecule has 0 spiro atoms. The molecule has 2 rings (SSSR count). The van der Waals surface area contributed by atoms with E-state index in [9.17, 15) is 0 Å². The molecule has 0 radical (unpaired) electrons. The summed E-state index contributed by atoms with van der Waals surface area (Å²) in [6, 6.07) is 6.35. The molecule has 3 nitrogen and oxygen atoms in total. The summed E-state index contributed by atoms with van der Waals surface area (Å²) in [5.41, 5.74) is 9.29. The van der Waals surface area contributed by atoms with Crippen LogP contribution in [0.2, 0.25) is 0 Å². The highest BCUT2D eigenvalue weighted by Gasteiger charge is 2.09. The van der Waals surface area contributed by atoms with Crippen molar-refractivity contribution in [3.05, 3.63) is 29.6 Å². The lowest BCUT2D eigenvalue weighted by Gasteiger charge is -2.04. The molecule has 0 aliphatic heterocycles. The van der Waals surface area contributed by atoms with E-state index in [0.717, 1.165) is 37.1 Å². The van der Waals surface area contributed by atoms with Gasteiger partial charge in [-0.2, -0.15) is 0 Å². The second-order valence-electron chi connectivity index (χ2n) is 4.12. The average Bonchev–Trinajstić information content (AvgIpc) is 2.64. The van der Waals surface area contributed by atoms with E-state index in [1.165, 1.54) is 11.1 Å². The van der Waals surface area contributed by atoms with Crippen molar-refractivity contribution in [1.29, 1.82) is 0 Å². The highest BCUT2D eigenvalue weighted by Crippen LogP contribution is 2.20. The van der Waals surface area contributed by atoms with Gasteiger partial charge in [-0.3, -0.25) is 0 Å². The molecule has 1 aromatic carbocycles. The first-order chi connectivity index (χ1) is 7.77. The van der Waals surface area contributed by atoms with Crippen LogP contribution in [0.3, 0.4) is 0 Å². The van der Waals surface area contributed by atoms with Gasteiger partial charge in [0.05, 0.1) is 11.0 Å². The molecule has 0 aliphatic rings. The summed E-state index contributed by atoms with van der Waals surface area (Å²) in [6.45, 7) is 2.91. The summed E-state index contributed by atoms with van der Waals surface area (Å²) in [7, 11) is 2.10. The second kappa shape index (κ2) is 4.66. The largest absolute Gasteiger partial charge is 0.331 e. The maximum absolute atomic E-state index is 5.54. The third-order valence-corrected chi connectivity index (χ3v) is 3.06. The molecule has 0 saturated carbocycles. The first-order valence-corrected chi connectivity index (χ1v) is 5.91. The number of imidazole rings is 1. The number of para-hydroxylation sites is 1. The third kappa shape index (κ3) is 1.83. The molecule has 2 aromatic rings. The minimum Gasteiger partial charge on any atom is -0.331 e. The fraction of sp³-hybridized carbons (Fsp3) is 0.462. The van der Waals surface area contributed by atoms with Crippen molar-refractivity contribution >= 4 is 11.0 Å². The van der Waals surface area contributed by atoms with Crippen molar-refractivity contribution in [3.8, 4) is 0 Å². The molecule has 1 aromatic heterocycles. The molecule has 0 bridgehead atoms. The Morgan fingerprint density at radius 2 is 2.19 bits per heavy atom. The zero-order chi connectivity index (χ0) is 11.5. The van der Waals surface area contributed by atoms with Gasteiger partial charge < -0.3 is 10.3 Å². The topological polar surface area (TPSA) is 43.8 Å². The predicted molar refractivity (Wildman–Crippen MR) is 67.5 cm³/mol. The fourth-order valence-electron chi connectivity index (χ4n) is 2.17.